The number of allylic oxidation sites excluding steroid dienone is 2. The first-order chi connectivity index (χ1) is 6.91. The molecule has 0 bridgehead atoms. The molecule has 0 N–H and O–H groups in total. The van der Waals surface area contributed by atoms with Crippen LogP contribution in [-0.4, -0.2) is 6.61 Å². The Morgan fingerprint density at radius 2 is 1.71 bits per heavy atom. The largest absolute Gasteiger partial charge is 0.502 e. The predicted molar refractivity (Wildman–Crippen MR) is 63.3 cm³/mol. The van der Waals surface area contributed by atoms with Crippen molar-refractivity contribution in [3.8, 4) is 0 Å². The van der Waals surface area contributed by atoms with Gasteiger partial charge in [0, 0.05) is 0 Å². The molecule has 0 spiro atoms. The maximum absolute atomic E-state index is 5.04. The van der Waals surface area contributed by atoms with Crippen LogP contribution in [0.25, 0.3) is 0 Å². The molecule has 0 heterocycles. The number of ether oxygens (including phenoxy) is 1. The van der Waals surface area contributed by atoms with Gasteiger partial charge in [-0.1, -0.05) is 44.9 Å². The Morgan fingerprint density at radius 3 is 2.43 bits per heavy atom. The molecule has 1 heteroatoms. The predicted octanol–water partition coefficient (Wildman–Crippen LogP) is 4.45. The Morgan fingerprint density at radius 1 is 1.00 bits per heavy atom. The summed E-state index contributed by atoms with van der Waals surface area (Å²) in [6.07, 6.45) is 14.9. The van der Waals surface area contributed by atoms with Crippen molar-refractivity contribution in [3.05, 3.63) is 25.0 Å². The van der Waals surface area contributed by atoms with Gasteiger partial charge in [-0.05, 0) is 25.7 Å². The van der Waals surface area contributed by atoms with Crippen LogP contribution in [0.5, 0.6) is 0 Å². The topological polar surface area (TPSA) is 9.23 Å². The first kappa shape index (κ1) is 13.3. The summed E-state index contributed by atoms with van der Waals surface area (Å²) in [6, 6.07) is 0. The van der Waals surface area contributed by atoms with Crippen LogP contribution in [0.4, 0.5) is 0 Å². The van der Waals surface area contributed by atoms with Gasteiger partial charge in [0.2, 0.25) is 0 Å². The van der Waals surface area contributed by atoms with Crippen LogP contribution in [0.2, 0.25) is 0 Å². The maximum atomic E-state index is 5.04. The van der Waals surface area contributed by atoms with Gasteiger partial charge in [0.05, 0.1) is 12.9 Å². The second-order valence-corrected chi connectivity index (χ2v) is 3.50. The van der Waals surface area contributed by atoms with Gasteiger partial charge in [-0.2, -0.15) is 0 Å². The Labute approximate surface area is 88.9 Å². The van der Waals surface area contributed by atoms with Crippen molar-refractivity contribution in [1.29, 1.82) is 0 Å². The number of hydrogen-bond donors (Lipinski definition) is 0. The van der Waals surface area contributed by atoms with E-state index in [1.165, 1.54) is 44.8 Å². The molecule has 0 aromatic rings. The number of unbranched alkanes of at least 4 members (excludes halogenated alkanes) is 5. The van der Waals surface area contributed by atoms with E-state index in [1.807, 2.05) is 0 Å². The smallest absolute Gasteiger partial charge is 0.0873 e. The van der Waals surface area contributed by atoms with Gasteiger partial charge in [-0.25, -0.2) is 0 Å². The van der Waals surface area contributed by atoms with Gasteiger partial charge >= 0.3 is 0 Å². The lowest BCUT2D eigenvalue weighted by Crippen LogP contribution is -1.86. The van der Waals surface area contributed by atoms with Gasteiger partial charge in [-0.15, -0.1) is 0 Å². The summed E-state index contributed by atoms with van der Waals surface area (Å²) >= 11 is 0. The second-order valence-electron chi connectivity index (χ2n) is 3.50. The lowest BCUT2D eigenvalue weighted by atomic mass is 10.1. The van der Waals surface area contributed by atoms with Crippen molar-refractivity contribution < 1.29 is 4.74 Å². The Bertz CT molecular complexity index is 138. The van der Waals surface area contributed by atoms with E-state index < -0.39 is 0 Å². The zero-order chi connectivity index (χ0) is 10.5. The highest BCUT2D eigenvalue weighted by Crippen LogP contribution is 2.04. The van der Waals surface area contributed by atoms with Gasteiger partial charge in [0.1, 0.15) is 0 Å². The molecule has 0 aromatic heterocycles. The number of rotatable bonds is 10. The van der Waals surface area contributed by atoms with E-state index >= 15 is 0 Å². The van der Waals surface area contributed by atoms with Crippen LogP contribution in [0.3, 0.4) is 0 Å². The fraction of sp³-hybridized carbons (Fsp3) is 0.692. The monoisotopic (exact) mass is 196 g/mol. The van der Waals surface area contributed by atoms with Crippen molar-refractivity contribution in [1.82, 2.24) is 0 Å². The van der Waals surface area contributed by atoms with Gasteiger partial charge in [0.25, 0.3) is 0 Å². The average Bonchev–Trinajstić information content (AvgIpc) is 2.21. The molecule has 0 amide bonds. The van der Waals surface area contributed by atoms with Gasteiger partial charge in [-0.3, -0.25) is 0 Å². The molecule has 1 nitrogen and oxygen atoms in total. The van der Waals surface area contributed by atoms with E-state index in [-0.39, 0.29) is 0 Å². The Hall–Kier alpha value is -0.720. The molecular formula is C13H24O. The summed E-state index contributed by atoms with van der Waals surface area (Å²) in [5.74, 6) is 0. The van der Waals surface area contributed by atoms with Crippen molar-refractivity contribution in [2.75, 3.05) is 6.61 Å². The lowest BCUT2D eigenvalue weighted by Gasteiger charge is -1.99. The van der Waals surface area contributed by atoms with Crippen LogP contribution in [-0.2, 0) is 4.74 Å². The molecule has 0 saturated heterocycles. The first-order valence-electron chi connectivity index (χ1n) is 5.79. The fourth-order valence-corrected chi connectivity index (χ4v) is 1.29. The van der Waals surface area contributed by atoms with Crippen molar-refractivity contribution >= 4 is 0 Å². The second kappa shape index (κ2) is 12.3. The minimum absolute atomic E-state index is 0.829. The van der Waals surface area contributed by atoms with Crippen LogP contribution >= 0.6 is 0 Å². The Balaban J connectivity index is 2.95. The summed E-state index contributed by atoms with van der Waals surface area (Å²) in [7, 11) is 0. The zero-order valence-electron chi connectivity index (χ0n) is 9.50. The molecule has 14 heavy (non-hydrogen) atoms. The summed E-state index contributed by atoms with van der Waals surface area (Å²) in [6.45, 7) is 6.55. The van der Waals surface area contributed by atoms with E-state index in [1.54, 1.807) is 0 Å². The normalized spacial score (nSPS) is 10.6. The Kier molecular flexibility index (Phi) is 11.6. The van der Waals surface area contributed by atoms with Gasteiger partial charge in [0.15, 0.2) is 0 Å². The molecule has 82 valence electrons. The molecule has 0 aromatic carbocycles. The third-order valence-corrected chi connectivity index (χ3v) is 2.12. The molecule has 0 aliphatic rings. The third kappa shape index (κ3) is 11.3. The van der Waals surface area contributed by atoms with Crippen molar-refractivity contribution in [2.45, 2.75) is 51.9 Å². The minimum Gasteiger partial charge on any atom is -0.502 e. The quantitative estimate of drug-likeness (QED) is 0.285. The molecule has 0 unspecified atom stereocenters. The summed E-state index contributed by atoms with van der Waals surface area (Å²) in [4.78, 5) is 0. The highest BCUT2D eigenvalue weighted by Gasteiger charge is 1.88. The van der Waals surface area contributed by atoms with Crippen molar-refractivity contribution in [2.24, 2.45) is 0 Å². The molecular weight excluding hydrogens is 172 g/mol. The van der Waals surface area contributed by atoms with E-state index in [0.717, 1.165) is 13.0 Å². The lowest BCUT2D eigenvalue weighted by molar-refractivity contribution is 0.242. The van der Waals surface area contributed by atoms with Crippen LogP contribution in [0, 0.1) is 0 Å². The first-order valence-corrected chi connectivity index (χ1v) is 5.79. The average molecular weight is 196 g/mol. The maximum Gasteiger partial charge on any atom is 0.0873 e. The van der Waals surface area contributed by atoms with Crippen molar-refractivity contribution in [3.63, 3.8) is 0 Å². The third-order valence-electron chi connectivity index (χ3n) is 2.12. The van der Waals surface area contributed by atoms with Crippen LogP contribution in [0.1, 0.15) is 51.9 Å². The van der Waals surface area contributed by atoms with E-state index in [2.05, 4.69) is 25.7 Å². The highest BCUT2D eigenvalue weighted by atomic mass is 16.5. The van der Waals surface area contributed by atoms with Crippen LogP contribution < -0.4 is 0 Å². The summed E-state index contributed by atoms with van der Waals surface area (Å²) < 4.78 is 5.04. The van der Waals surface area contributed by atoms with E-state index in [9.17, 15) is 0 Å². The summed E-state index contributed by atoms with van der Waals surface area (Å²) in [5.41, 5.74) is 0. The van der Waals surface area contributed by atoms with E-state index in [0.29, 0.717) is 0 Å². The molecule has 0 rings (SSSR count). The van der Waals surface area contributed by atoms with Crippen LogP contribution in [0.15, 0.2) is 25.0 Å². The molecule has 0 aliphatic carbocycles. The minimum atomic E-state index is 0.829. The molecule has 0 aliphatic heterocycles. The summed E-state index contributed by atoms with van der Waals surface area (Å²) in [5, 5.41) is 0. The zero-order valence-corrected chi connectivity index (χ0v) is 9.50. The molecule has 0 atom stereocenters. The highest BCUT2D eigenvalue weighted by molar-refractivity contribution is 4.80. The molecule has 0 radical (unpaired) electrons. The standard InChI is InChI=1S/C13H24O/c1-3-5-6-7-8-9-10-11-12-13-14-4-2/h4,6-7H,2-3,5,8-13H2,1H3/b7-6+. The van der Waals surface area contributed by atoms with E-state index in [4.69, 9.17) is 4.74 Å². The molecule has 0 fully saturated rings. The fourth-order valence-electron chi connectivity index (χ4n) is 1.29. The molecule has 0 saturated carbocycles. The number of hydrogen-bond acceptors (Lipinski definition) is 1. The van der Waals surface area contributed by atoms with Gasteiger partial charge < -0.3 is 4.74 Å². The SMILES string of the molecule is C=COCCCCCC/C=C/CCC.